The van der Waals surface area contributed by atoms with Gasteiger partial charge in [0.1, 0.15) is 22.9 Å². The van der Waals surface area contributed by atoms with Crippen molar-refractivity contribution in [3.05, 3.63) is 48.6 Å². The number of piperidine rings is 1. The summed E-state index contributed by atoms with van der Waals surface area (Å²) in [5.41, 5.74) is 2.90. The summed E-state index contributed by atoms with van der Waals surface area (Å²) in [6, 6.07) is 4.22. The topological polar surface area (TPSA) is 109 Å². The highest BCUT2D eigenvalue weighted by molar-refractivity contribution is 6.19. The second kappa shape index (κ2) is 10.0. The Balaban J connectivity index is 1.20. The highest BCUT2D eigenvalue weighted by Gasteiger charge is 2.38. The summed E-state index contributed by atoms with van der Waals surface area (Å²) in [6.45, 7) is 2.26. The fourth-order valence-corrected chi connectivity index (χ4v) is 4.93. The molecule has 2 aliphatic rings. The van der Waals surface area contributed by atoms with Gasteiger partial charge < -0.3 is 14.5 Å². The highest BCUT2D eigenvalue weighted by atomic mass is 35.5. The Hall–Kier alpha value is -3.84. The Bertz CT molecular complexity index is 1360. The van der Waals surface area contributed by atoms with Crippen LogP contribution in [-0.4, -0.2) is 80.2 Å². The quantitative estimate of drug-likeness (QED) is 0.374. The number of methoxy groups -OCH3 is 1. The maximum Gasteiger partial charge on any atom is 0.246 e. The molecule has 3 aromatic heterocycles. The average Bonchev–Trinajstić information content (AvgIpc) is 3.53. The van der Waals surface area contributed by atoms with Crippen molar-refractivity contribution >= 4 is 28.9 Å². The van der Waals surface area contributed by atoms with E-state index >= 15 is 0 Å². The molecule has 36 heavy (non-hydrogen) atoms. The van der Waals surface area contributed by atoms with E-state index in [2.05, 4.69) is 16.3 Å². The van der Waals surface area contributed by atoms with E-state index in [0.717, 1.165) is 24.0 Å². The van der Waals surface area contributed by atoms with Crippen LogP contribution in [0.1, 0.15) is 24.4 Å². The maximum absolute atomic E-state index is 12.9. The number of aromatic nitrogens is 4. The van der Waals surface area contributed by atoms with Gasteiger partial charge in [-0.15, -0.1) is 11.6 Å². The van der Waals surface area contributed by atoms with Crippen LogP contribution in [-0.2, 0) is 9.59 Å². The van der Waals surface area contributed by atoms with Crippen molar-refractivity contribution in [3.63, 3.8) is 0 Å². The van der Waals surface area contributed by atoms with Gasteiger partial charge in [-0.2, -0.15) is 15.5 Å². The van der Waals surface area contributed by atoms with Crippen LogP contribution in [0, 0.1) is 17.2 Å². The number of fused-ring (bicyclic) bond motifs is 1. The number of pyridine rings is 1. The number of allylic oxidation sites excluding steroid dienone is 1. The van der Waals surface area contributed by atoms with Crippen molar-refractivity contribution in [2.75, 3.05) is 39.2 Å². The van der Waals surface area contributed by atoms with E-state index in [4.69, 9.17) is 16.3 Å². The number of carbonyl (C=O) groups excluding carboxylic acids is 2. The molecule has 5 heterocycles. The number of halogens is 1. The number of carbonyl (C=O) groups is 2. The fraction of sp³-hybridized carbons (Fsp3) is 0.400. The number of hydrogen-bond acceptors (Lipinski definition) is 6. The summed E-state index contributed by atoms with van der Waals surface area (Å²) < 4.78 is 9.12. The van der Waals surface area contributed by atoms with Gasteiger partial charge in [-0.25, -0.2) is 4.52 Å². The number of nitriles is 1. The summed E-state index contributed by atoms with van der Waals surface area (Å²) in [5.74, 6) is 0.775. The SMILES string of the molecule is COc1cc(-c2cnn(C3CCN(C(=O)C4CN(C(=O)/C=C/CCl)C4)CC3)c2)cn2ncc(C#N)c12. The van der Waals surface area contributed by atoms with Crippen molar-refractivity contribution in [3.8, 4) is 22.9 Å². The molecule has 0 saturated carbocycles. The first kappa shape index (κ1) is 23.9. The van der Waals surface area contributed by atoms with E-state index in [9.17, 15) is 14.9 Å². The van der Waals surface area contributed by atoms with Gasteiger partial charge in [0.25, 0.3) is 0 Å². The first-order chi connectivity index (χ1) is 17.5. The first-order valence-corrected chi connectivity index (χ1v) is 12.4. The van der Waals surface area contributed by atoms with Gasteiger partial charge in [-0.3, -0.25) is 14.3 Å². The zero-order valence-corrected chi connectivity index (χ0v) is 20.6. The second-order valence-corrected chi connectivity index (χ2v) is 9.33. The normalized spacial score (nSPS) is 16.9. The third-order valence-corrected chi connectivity index (χ3v) is 7.07. The lowest BCUT2D eigenvalue weighted by atomic mass is 9.96. The molecular weight excluding hydrogens is 482 g/mol. The minimum Gasteiger partial charge on any atom is -0.494 e. The van der Waals surface area contributed by atoms with Crippen LogP contribution in [0.4, 0.5) is 0 Å². The lowest BCUT2D eigenvalue weighted by Gasteiger charge is -2.41. The monoisotopic (exact) mass is 507 g/mol. The predicted molar refractivity (Wildman–Crippen MR) is 132 cm³/mol. The van der Waals surface area contributed by atoms with E-state index in [-0.39, 0.29) is 23.8 Å². The molecule has 0 unspecified atom stereocenters. The van der Waals surface area contributed by atoms with Gasteiger partial charge in [0, 0.05) is 61.7 Å². The molecule has 0 bridgehead atoms. The molecule has 2 aliphatic heterocycles. The van der Waals surface area contributed by atoms with Crippen molar-refractivity contribution in [1.82, 2.24) is 29.2 Å². The minimum absolute atomic E-state index is 0.0947. The van der Waals surface area contributed by atoms with E-state index in [0.29, 0.717) is 48.9 Å². The smallest absolute Gasteiger partial charge is 0.246 e. The van der Waals surface area contributed by atoms with Gasteiger partial charge in [-0.05, 0) is 18.9 Å². The van der Waals surface area contributed by atoms with Crippen molar-refractivity contribution in [2.24, 2.45) is 5.92 Å². The molecule has 2 fully saturated rings. The van der Waals surface area contributed by atoms with E-state index in [1.807, 2.05) is 34.2 Å². The van der Waals surface area contributed by atoms with Crippen LogP contribution in [0.2, 0.25) is 0 Å². The molecule has 186 valence electrons. The van der Waals surface area contributed by atoms with E-state index in [1.54, 1.807) is 22.6 Å². The molecule has 0 spiro atoms. The average molecular weight is 508 g/mol. The molecule has 0 aromatic carbocycles. The summed E-state index contributed by atoms with van der Waals surface area (Å²) in [7, 11) is 1.57. The molecule has 2 saturated heterocycles. The van der Waals surface area contributed by atoms with Crippen molar-refractivity contribution < 1.29 is 14.3 Å². The number of likely N-dealkylation sites (tertiary alicyclic amines) is 2. The number of ether oxygens (including phenoxy) is 1. The van der Waals surface area contributed by atoms with Crippen LogP contribution >= 0.6 is 11.6 Å². The zero-order valence-electron chi connectivity index (χ0n) is 19.9. The molecule has 0 radical (unpaired) electrons. The summed E-state index contributed by atoms with van der Waals surface area (Å²) in [4.78, 5) is 28.4. The minimum atomic E-state index is -0.125. The molecule has 3 aromatic rings. The second-order valence-electron chi connectivity index (χ2n) is 9.02. The number of hydrogen-bond donors (Lipinski definition) is 0. The largest absolute Gasteiger partial charge is 0.494 e. The molecule has 5 rings (SSSR count). The Labute approximate surface area is 213 Å². The van der Waals surface area contributed by atoms with Crippen LogP contribution in [0.3, 0.4) is 0 Å². The summed E-state index contributed by atoms with van der Waals surface area (Å²) in [5, 5.41) is 18.2. The molecule has 0 N–H and O–H groups in total. The Kier molecular flexibility index (Phi) is 6.65. The Morgan fingerprint density at radius 2 is 1.94 bits per heavy atom. The maximum atomic E-state index is 12.9. The third-order valence-electron chi connectivity index (χ3n) is 6.89. The van der Waals surface area contributed by atoms with Gasteiger partial charge >= 0.3 is 0 Å². The standard InChI is InChI=1S/C25H26ClN7O3/c1-36-22-9-17(15-33-24(22)18(10-27)11-29-33)19-12-28-32(16-19)21-4-7-30(8-5-21)25(35)20-13-31(14-20)23(34)3-2-6-26/h2-3,9,11-12,15-16,20-21H,4-8,13-14H2,1H3/b3-2+. The number of rotatable bonds is 6. The van der Waals surface area contributed by atoms with Gasteiger partial charge in [0.05, 0.1) is 31.5 Å². The molecular formula is C25H26ClN7O3. The Morgan fingerprint density at radius 1 is 1.17 bits per heavy atom. The van der Waals surface area contributed by atoms with Crippen LogP contribution in [0.15, 0.2) is 43.0 Å². The summed E-state index contributed by atoms with van der Waals surface area (Å²) >= 11 is 5.58. The first-order valence-electron chi connectivity index (χ1n) is 11.8. The lowest BCUT2D eigenvalue weighted by molar-refractivity contribution is -0.147. The van der Waals surface area contributed by atoms with Gasteiger partial charge in [0.15, 0.2) is 0 Å². The van der Waals surface area contributed by atoms with E-state index < -0.39 is 0 Å². The van der Waals surface area contributed by atoms with E-state index in [1.165, 1.54) is 12.3 Å². The molecule has 10 nitrogen and oxygen atoms in total. The van der Waals surface area contributed by atoms with Gasteiger partial charge in [-0.1, -0.05) is 6.08 Å². The molecule has 0 aliphatic carbocycles. The Morgan fingerprint density at radius 3 is 2.64 bits per heavy atom. The van der Waals surface area contributed by atoms with Crippen LogP contribution in [0.25, 0.3) is 16.6 Å². The number of nitrogens with zero attached hydrogens (tertiary/aromatic N) is 7. The van der Waals surface area contributed by atoms with Crippen molar-refractivity contribution in [2.45, 2.75) is 18.9 Å². The predicted octanol–water partition coefficient (Wildman–Crippen LogP) is 2.49. The highest BCUT2D eigenvalue weighted by Crippen LogP contribution is 2.31. The van der Waals surface area contributed by atoms with Crippen LogP contribution < -0.4 is 4.74 Å². The van der Waals surface area contributed by atoms with Crippen LogP contribution in [0.5, 0.6) is 5.75 Å². The van der Waals surface area contributed by atoms with Gasteiger partial charge in [0.2, 0.25) is 11.8 Å². The lowest BCUT2D eigenvalue weighted by Crippen LogP contribution is -2.57. The number of alkyl halides is 1. The fourth-order valence-electron chi connectivity index (χ4n) is 4.84. The summed E-state index contributed by atoms with van der Waals surface area (Å²) in [6.07, 6.45) is 11.9. The molecule has 0 atom stereocenters. The third kappa shape index (κ3) is 4.42. The molecule has 2 amide bonds. The molecule has 11 heteroatoms. The zero-order chi connectivity index (χ0) is 25.2. The van der Waals surface area contributed by atoms with Crippen molar-refractivity contribution in [1.29, 1.82) is 5.26 Å². The number of amides is 2.